The van der Waals surface area contributed by atoms with Crippen molar-refractivity contribution in [3.8, 4) is 5.75 Å². The van der Waals surface area contributed by atoms with Gasteiger partial charge in [0.2, 0.25) is 5.78 Å². The molecule has 0 radical (unpaired) electrons. The molecule has 0 spiro atoms. The van der Waals surface area contributed by atoms with Gasteiger partial charge in [-0.1, -0.05) is 42.5 Å². The summed E-state index contributed by atoms with van der Waals surface area (Å²) in [7, 11) is 0. The molecule has 1 aliphatic heterocycles. The number of aromatic hydroxyl groups is 1. The third-order valence-corrected chi connectivity index (χ3v) is 4.59. The molecule has 3 N–H and O–H groups in total. The van der Waals surface area contributed by atoms with Crippen LogP contribution in [0.3, 0.4) is 0 Å². The van der Waals surface area contributed by atoms with Crippen molar-refractivity contribution in [1.29, 1.82) is 0 Å². The number of rotatable bonds is 3. The number of Topliss-reactive ketones (excluding diaryl/α,β-unsaturated/α-hetero) is 1. The Labute approximate surface area is 165 Å². The number of fused-ring (bicyclic) bond motifs is 2. The summed E-state index contributed by atoms with van der Waals surface area (Å²) >= 11 is 0. The molecule has 1 aliphatic rings. The second kappa shape index (κ2) is 7.44. The Bertz CT molecular complexity index is 1300. The van der Waals surface area contributed by atoms with E-state index in [0.717, 1.165) is 0 Å². The topological polar surface area (TPSA) is 99.3 Å². The summed E-state index contributed by atoms with van der Waals surface area (Å²) in [5, 5.41) is 13.6. The van der Waals surface area contributed by atoms with Gasteiger partial charge in [-0.15, -0.1) is 0 Å². The average Bonchev–Trinajstić information content (AvgIpc) is 2.72. The molecule has 0 aliphatic carbocycles. The van der Waals surface area contributed by atoms with Gasteiger partial charge >= 0.3 is 0 Å². The lowest BCUT2D eigenvalue weighted by atomic mass is 9.96. The Kier molecular flexibility index (Phi) is 4.66. The summed E-state index contributed by atoms with van der Waals surface area (Å²) in [5.41, 5.74) is 1.22. The number of H-pyrrole nitrogens is 1. The molecule has 1 aromatic heterocycles. The van der Waals surface area contributed by atoms with Crippen molar-refractivity contribution in [2.45, 2.75) is 0 Å². The van der Waals surface area contributed by atoms with Crippen LogP contribution in [0.25, 0.3) is 17.0 Å². The first kappa shape index (κ1) is 18.2. The average molecular weight is 384 g/mol. The molecule has 1 amide bonds. The minimum atomic E-state index is -0.467. The number of hydrogen-bond donors (Lipinski definition) is 3. The molecule has 0 unspecified atom stereocenters. The number of nitrogens with one attached hydrogen (secondary N) is 2. The third-order valence-electron chi connectivity index (χ3n) is 4.59. The minimum absolute atomic E-state index is 0.0275. The summed E-state index contributed by atoms with van der Waals surface area (Å²) in [6.45, 7) is 0. The quantitative estimate of drug-likeness (QED) is 0.365. The van der Waals surface area contributed by atoms with Crippen molar-refractivity contribution in [2.75, 3.05) is 5.32 Å². The lowest BCUT2D eigenvalue weighted by Gasteiger charge is -2.17. The Morgan fingerprint density at radius 3 is 2.48 bits per heavy atom. The van der Waals surface area contributed by atoms with Crippen molar-refractivity contribution >= 4 is 34.4 Å². The summed E-state index contributed by atoms with van der Waals surface area (Å²) in [4.78, 5) is 39.5. The van der Waals surface area contributed by atoms with Gasteiger partial charge in [-0.05, 0) is 36.4 Å². The summed E-state index contributed by atoms with van der Waals surface area (Å²) in [6.07, 6.45) is 7.54. The zero-order valence-electron chi connectivity index (χ0n) is 15.2. The fourth-order valence-corrected chi connectivity index (χ4v) is 3.14. The van der Waals surface area contributed by atoms with Crippen molar-refractivity contribution in [3.63, 3.8) is 0 Å². The van der Waals surface area contributed by atoms with Crippen LogP contribution in [0, 0.1) is 0 Å². The molecule has 6 nitrogen and oxygen atoms in total. The third kappa shape index (κ3) is 3.39. The van der Waals surface area contributed by atoms with Crippen LogP contribution < -0.4 is 10.9 Å². The van der Waals surface area contributed by atoms with Gasteiger partial charge in [0, 0.05) is 10.9 Å². The van der Waals surface area contributed by atoms with Gasteiger partial charge in [-0.3, -0.25) is 14.4 Å². The summed E-state index contributed by atoms with van der Waals surface area (Å²) in [6, 6.07) is 13.8. The number of aromatic nitrogens is 1. The van der Waals surface area contributed by atoms with E-state index in [1.807, 2.05) is 0 Å². The first-order valence-corrected chi connectivity index (χ1v) is 8.90. The smallest absolute Gasteiger partial charge is 0.259 e. The van der Waals surface area contributed by atoms with Crippen molar-refractivity contribution in [2.24, 2.45) is 0 Å². The van der Waals surface area contributed by atoms with Gasteiger partial charge in [0.05, 0.1) is 22.3 Å². The van der Waals surface area contributed by atoms with Crippen molar-refractivity contribution in [3.05, 3.63) is 99.9 Å². The molecule has 2 aromatic carbocycles. The molecule has 0 fully saturated rings. The monoisotopic (exact) mass is 384 g/mol. The maximum Gasteiger partial charge on any atom is 0.259 e. The predicted molar refractivity (Wildman–Crippen MR) is 112 cm³/mol. The molecule has 0 atom stereocenters. The number of aromatic amines is 1. The molecular formula is C23H16N2O4. The molecule has 4 rings (SSSR count). The zero-order valence-corrected chi connectivity index (χ0v) is 15.2. The summed E-state index contributed by atoms with van der Waals surface area (Å²) in [5.74, 6) is -0.918. The normalized spacial score (nSPS) is 15.4. The highest BCUT2D eigenvalue weighted by atomic mass is 16.3. The number of carbonyl (C=O) groups is 2. The van der Waals surface area contributed by atoms with Crippen LogP contribution in [-0.2, 0) is 4.79 Å². The van der Waals surface area contributed by atoms with Gasteiger partial charge in [-0.2, -0.15) is 0 Å². The largest absolute Gasteiger partial charge is 0.506 e. The molecule has 0 bridgehead atoms. The highest BCUT2D eigenvalue weighted by Gasteiger charge is 2.27. The number of allylic oxidation sites excluding steroid dienone is 4. The van der Waals surface area contributed by atoms with Crippen LogP contribution in [0.1, 0.15) is 15.9 Å². The van der Waals surface area contributed by atoms with Crippen LogP contribution >= 0.6 is 0 Å². The van der Waals surface area contributed by atoms with E-state index in [9.17, 15) is 19.5 Å². The molecule has 29 heavy (non-hydrogen) atoms. The minimum Gasteiger partial charge on any atom is -0.506 e. The first-order valence-electron chi connectivity index (χ1n) is 8.90. The number of benzene rings is 2. The number of para-hydroxylation sites is 2. The molecule has 142 valence electrons. The zero-order chi connectivity index (χ0) is 20.4. The number of hydrogen-bond acceptors (Lipinski definition) is 4. The van der Waals surface area contributed by atoms with E-state index >= 15 is 0 Å². The Hall–Kier alpha value is -4.19. The van der Waals surface area contributed by atoms with E-state index in [1.54, 1.807) is 60.7 Å². The van der Waals surface area contributed by atoms with Crippen LogP contribution in [0.5, 0.6) is 5.75 Å². The molecule has 2 heterocycles. The molecule has 0 saturated heterocycles. The fourth-order valence-electron chi connectivity index (χ4n) is 3.14. The predicted octanol–water partition coefficient (Wildman–Crippen LogP) is 3.56. The van der Waals surface area contributed by atoms with E-state index in [1.165, 1.54) is 18.2 Å². The van der Waals surface area contributed by atoms with Gasteiger partial charge in [0.25, 0.3) is 11.5 Å². The van der Waals surface area contributed by atoms with Crippen molar-refractivity contribution < 1.29 is 14.7 Å². The lowest BCUT2D eigenvalue weighted by molar-refractivity contribution is -0.112. The van der Waals surface area contributed by atoms with Gasteiger partial charge in [0.1, 0.15) is 5.75 Å². The second-order valence-electron chi connectivity index (χ2n) is 6.42. The Morgan fingerprint density at radius 1 is 0.862 bits per heavy atom. The number of ketones is 1. The van der Waals surface area contributed by atoms with E-state index in [-0.39, 0.29) is 22.7 Å². The second-order valence-corrected chi connectivity index (χ2v) is 6.42. The highest BCUT2D eigenvalue weighted by Crippen LogP contribution is 2.26. The number of pyridine rings is 1. The Morgan fingerprint density at radius 2 is 1.62 bits per heavy atom. The van der Waals surface area contributed by atoms with E-state index in [4.69, 9.17) is 0 Å². The summed E-state index contributed by atoms with van der Waals surface area (Å²) < 4.78 is 0. The van der Waals surface area contributed by atoms with E-state index < -0.39 is 11.5 Å². The van der Waals surface area contributed by atoms with E-state index in [0.29, 0.717) is 22.2 Å². The maximum absolute atomic E-state index is 12.5. The number of amides is 1. The van der Waals surface area contributed by atoms with Crippen LogP contribution in [0.15, 0.2) is 83.2 Å². The van der Waals surface area contributed by atoms with E-state index in [2.05, 4.69) is 10.3 Å². The maximum atomic E-state index is 12.5. The van der Waals surface area contributed by atoms with Crippen LogP contribution in [0.4, 0.5) is 5.69 Å². The number of carbonyl (C=O) groups excluding carboxylic acids is 2. The molecular weight excluding hydrogens is 368 g/mol. The van der Waals surface area contributed by atoms with Crippen molar-refractivity contribution in [1.82, 2.24) is 4.98 Å². The van der Waals surface area contributed by atoms with Crippen LogP contribution in [-0.4, -0.2) is 21.8 Å². The molecule has 6 heteroatoms. The molecule has 3 aromatic rings. The highest BCUT2D eigenvalue weighted by molar-refractivity contribution is 6.34. The SMILES string of the molecule is O=C1Nc2ccccc2C(=O)C1=CC=CC=Cc1c(O)c2ccccc2[nH]c1=O. The van der Waals surface area contributed by atoms with Gasteiger partial charge in [0.15, 0.2) is 0 Å². The first-order chi connectivity index (χ1) is 14.1. The standard InChI is InChI=1S/C23H16N2O4/c26-20-14-8-4-6-12-18(14)24-22(28)16(20)10-2-1-3-11-17-21(27)15-9-5-7-13-19(15)25-23(17)29/h1-13H,(H,24,28)(H2,25,27,29). The Balaban J connectivity index is 1.58. The van der Waals surface area contributed by atoms with Crippen LogP contribution in [0.2, 0.25) is 0 Å². The lowest BCUT2D eigenvalue weighted by Crippen LogP contribution is -2.27. The molecule has 0 saturated carbocycles. The van der Waals surface area contributed by atoms with Gasteiger partial charge in [-0.25, -0.2) is 0 Å². The number of anilines is 1. The van der Waals surface area contributed by atoms with Gasteiger partial charge < -0.3 is 15.4 Å². The fraction of sp³-hybridized carbons (Fsp3) is 0.